The fourth-order valence-electron chi connectivity index (χ4n) is 1.36. The van der Waals surface area contributed by atoms with E-state index in [-0.39, 0.29) is 0 Å². The van der Waals surface area contributed by atoms with Crippen LogP contribution in [0.3, 0.4) is 0 Å². The molecule has 0 heterocycles. The van der Waals surface area contributed by atoms with E-state index in [0.717, 1.165) is 5.92 Å². The van der Waals surface area contributed by atoms with Crippen LogP contribution in [-0.4, -0.2) is 14.3 Å². The lowest BCUT2D eigenvalue weighted by Crippen LogP contribution is -2.22. The minimum Gasteiger partial charge on any atom is -0.139 e. The fraction of sp³-hybridized carbons (Fsp3) is 0.818. The summed E-state index contributed by atoms with van der Waals surface area (Å²) in [5.74, 6) is 0.800. The molecule has 0 aliphatic heterocycles. The molecule has 0 saturated heterocycles. The number of hydrogen-bond donors (Lipinski definition) is 0. The lowest BCUT2D eigenvalue weighted by molar-refractivity contribution is 0.606. The van der Waals surface area contributed by atoms with Crippen LogP contribution >= 0.6 is 11.8 Å². The molecule has 78 valence electrons. The third-order valence-electron chi connectivity index (χ3n) is 2.39. The van der Waals surface area contributed by atoms with Gasteiger partial charge in [-0.25, -0.2) is 0 Å². The first kappa shape index (κ1) is 13.3. The van der Waals surface area contributed by atoms with Gasteiger partial charge < -0.3 is 0 Å². The molecule has 0 nitrogen and oxygen atoms in total. The largest absolute Gasteiger partial charge is 0.139 e. The average molecular weight is 216 g/mol. The van der Waals surface area contributed by atoms with E-state index in [2.05, 4.69) is 45.8 Å². The molecular weight excluding hydrogens is 192 g/mol. The molecule has 0 rings (SSSR count). The van der Waals surface area contributed by atoms with Gasteiger partial charge in [-0.05, 0) is 29.5 Å². The van der Waals surface area contributed by atoms with E-state index < -0.39 is 8.07 Å². The van der Waals surface area contributed by atoms with Crippen LogP contribution in [0.5, 0.6) is 0 Å². The van der Waals surface area contributed by atoms with Crippen LogP contribution in [0.15, 0.2) is 10.6 Å². The molecule has 0 amide bonds. The maximum absolute atomic E-state index is 2.52. The second-order valence-electron chi connectivity index (χ2n) is 4.56. The molecule has 0 aliphatic rings. The van der Waals surface area contributed by atoms with E-state index in [0.29, 0.717) is 0 Å². The maximum Gasteiger partial charge on any atom is 0.0853 e. The highest BCUT2D eigenvalue weighted by atomic mass is 32.2. The predicted octanol–water partition coefficient (Wildman–Crippen LogP) is 4.55. The van der Waals surface area contributed by atoms with Gasteiger partial charge in [-0.3, -0.25) is 0 Å². The van der Waals surface area contributed by atoms with Crippen LogP contribution < -0.4 is 0 Å². The molecule has 0 radical (unpaired) electrons. The standard InChI is InChI=1S/C11H24SSi/c1-7-10(8-2)9-11(12-3)13(4,5)6/h9-10H,7-8H2,1-6H3/b11-9-. The highest BCUT2D eigenvalue weighted by molar-refractivity contribution is 8.04. The maximum atomic E-state index is 2.52. The first-order valence-corrected chi connectivity index (χ1v) is 9.94. The van der Waals surface area contributed by atoms with Gasteiger partial charge in [0.2, 0.25) is 0 Å². The lowest BCUT2D eigenvalue weighted by atomic mass is 10.0. The second kappa shape index (κ2) is 5.92. The molecule has 0 saturated carbocycles. The summed E-state index contributed by atoms with van der Waals surface area (Å²) in [6, 6.07) is 0. The highest BCUT2D eigenvalue weighted by Gasteiger charge is 2.19. The Hall–Kier alpha value is 0.307. The summed E-state index contributed by atoms with van der Waals surface area (Å²) in [4.78, 5) is 0. The molecule has 2 heteroatoms. The van der Waals surface area contributed by atoms with Gasteiger partial charge in [0.25, 0.3) is 0 Å². The molecule has 0 aromatic carbocycles. The van der Waals surface area contributed by atoms with Crippen LogP contribution in [0.1, 0.15) is 26.7 Å². The van der Waals surface area contributed by atoms with Crippen molar-refractivity contribution in [2.75, 3.05) is 6.26 Å². The van der Waals surface area contributed by atoms with Gasteiger partial charge in [-0.2, -0.15) is 0 Å². The summed E-state index contributed by atoms with van der Waals surface area (Å²) >= 11 is 1.96. The van der Waals surface area contributed by atoms with Crippen LogP contribution in [0, 0.1) is 5.92 Å². The van der Waals surface area contributed by atoms with Crippen molar-refractivity contribution in [1.29, 1.82) is 0 Å². The monoisotopic (exact) mass is 216 g/mol. The van der Waals surface area contributed by atoms with Gasteiger partial charge in [0, 0.05) is 0 Å². The summed E-state index contributed by atoms with van der Waals surface area (Å²) in [5.41, 5.74) is 0. The first-order chi connectivity index (χ1) is 5.95. The molecule has 13 heavy (non-hydrogen) atoms. The van der Waals surface area contributed by atoms with Gasteiger partial charge in [-0.15, -0.1) is 11.8 Å². The quantitative estimate of drug-likeness (QED) is 0.608. The zero-order valence-electron chi connectivity index (χ0n) is 9.98. The van der Waals surface area contributed by atoms with Crippen molar-refractivity contribution in [1.82, 2.24) is 0 Å². The van der Waals surface area contributed by atoms with Gasteiger partial charge in [0.1, 0.15) is 0 Å². The van der Waals surface area contributed by atoms with Gasteiger partial charge in [-0.1, -0.05) is 39.6 Å². The van der Waals surface area contributed by atoms with Crippen LogP contribution in [0.4, 0.5) is 0 Å². The summed E-state index contributed by atoms with van der Waals surface area (Å²) in [5, 5.41) is 0. The predicted molar refractivity (Wildman–Crippen MR) is 69.0 cm³/mol. The van der Waals surface area contributed by atoms with Crippen molar-refractivity contribution in [2.45, 2.75) is 46.3 Å². The summed E-state index contributed by atoms with van der Waals surface area (Å²) in [6.07, 6.45) is 7.30. The van der Waals surface area contributed by atoms with E-state index in [9.17, 15) is 0 Å². The molecule has 0 N–H and O–H groups in total. The van der Waals surface area contributed by atoms with E-state index in [4.69, 9.17) is 0 Å². The van der Waals surface area contributed by atoms with E-state index in [1.54, 1.807) is 4.53 Å². The smallest absolute Gasteiger partial charge is 0.0853 e. The van der Waals surface area contributed by atoms with Gasteiger partial charge in [0.05, 0.1) is 8.07 Å². The molecule has 0 spiro atoms. The number of allylic oxidation sites excluding steroid dienone is 1. The third-order valence-corrected chi connectivity index (χ3v) is 7.07. The first-order valence-electron chi connectivity index (χ1n) is 5.22. The molecular formula is C11H24SSi. The van der Waals surface area contributed by atoms with Crippen LogP contribution in [0.2, 0.25) is 19.6 Å². The van der Waals surface area contributed by atoms with Gasteiger partial charge >= 0.3 is 0 Å². The second-order valence-corrected chi connectivity index (χ2v) is 10.8. The Morgan fingerprint density at radius 1 is 1.23 bits per heavy atom. The Kier molecular flexibility index (Phi) is 6.06. The Morgan fingerprint density at radius 3 is 1.92 bits per heavy atom. The number of thioether (sulfide) groups is 1. The third kappa shape index (κ3) is 4.92. The van der Waals surface area contributed by atoms with Crippen molar-refractivity contribution in [3.63, 3.8) is 0 Å². The van der Waals surface area contributed by atoms with Crippen molar-refractivity contribution in [2.24, 2.45) is 5.92 Å². The Bertz CT molecular complexity index is 163. The minimum atomic E-state index is -1.06. The molecule has 0 fully saturated rings. The van der Waals surface area contributed by atoms with Crippen LogP contribution in [0.25, 0.3) is 0 Å². The fourth-order valence-corrected chi connectivity index (χ4v) is 4.88. The highest BCUT2D eigenvalue weighted by Crippen LogP contribution is 2.27. The average Bonchev–Trinajstić information content (AvgIpc) is 2.04. The molecule has 0 unspecified atom stereocenters. The van der Waals surface area contributed by atoms with Crippen molar-refractivity contribution < 1.29 is 0 Å². The number of hydrogen-bond acceptors (Lipinski definition) is 1. The van der Waals surface area contributed by atoms with Crippen molar-refractivity contribution in [3.05, 3.63) is 10.6 Å². The Balaban J connectivity index is 4.54. The summed E-state index contributed by atoms with van der Waals surface area (Å²) < 4.78 is 1.67. The number of rotatable bonds is 5. The SMILES string of the molecule is CCC(/C=C(/SC)[Si](C)(C)C)CC. The molecule has 0 aromatic rings. The van der Waals surface area contributed by atoms with E-state index >= 15 is 0 Å². The topological polar surface area (TPSA) is 0 Å². The zero-order chi connectivity index (χ0) is 10.5. The van der Waals surface area contributed by atoms with E-state index in [1.165, 1.54) is 12.8 Å². The molecule has 0 atom stereocenters. The molecule has 0 aliphatic carbocycles. The normalized spacial score (nSPS) is 13.9. The Labute approximate surface area is 89.2 Å². The molecule has 0 aromatic heterocycles. The minimum absolute atomic E-state index is 0.800. The lowest BCUT2D eigenvalue weighted by Gasteiger charge is -2.21. The van der Waals surface area contributed by atoms with Crippen molar-refractivity contribution >= 4 is 19.8 Å². The summed E-state index contributed by atoms with van der Waals surface area (Å²) in [6.45, 7) is 11.9. The summed E-state index contributed by atoms with van der Waals surface area (Å²) in [7, 11) is -1.06. The van der Waals surface area contributed by atoms with E-state index in [1.807, 2.05) is 11.8 Å². The Morgan fingerprint density at radius 2 is 1.69 bits per heavy atom. The molecule has 0 bridgehead atoms. The van der Waals surface area contributed by atoms with Crippen LogP contribution in [-0.2, 0) is 0 Å². The van der Waals surface area contributed by atoms with Crippen molar-refractivity contribution in [3.8, 4) is 0 Å². The zero-order valence-corrected chi connectivity index (χ0v) is 11.8. The van der Waals surface area contributed by atoms with Gasteiger partial charge in [0.15, 0.2) is 0 Å².